The van der Waals surface area contributed by atoms with E-state index in [0.29, 0.717) is 10.7 Å². The van der Waals surface area contributed by atoms with E-state index in [-0.39, 0.29) is 29.6 Å². The molecule has 0 aromatic heterocycles. The lowest BCUT2D eigenvalue weighted by Crippen LogP contribution is -2.57. The Kier molecular flexibility index (Phi) is 7.30. The average molecular weight is 549 g/mol. The third kappa shape index (κ3) is 4.67. The van der Waals surface area contributed by atoms with Crippen molar-refractivity contribution in [3.63, 3.8) is 0 Å². The predicted molar refractivity (Wildman–Crippen MR) is 142 cm³/mol. The summed E-state index contributed by atoms with van der Waals surface area (Å²) >= 11 is 10.3. The number of alkyl halides is 1. The van der Waals surface area contributed by atoms with Gasteiger partial charge >= 0.3 is 0 Å². The average Bonchev–Trinajstić information content (AvgIpc) is 2.97. The van der Waals surface area contributed by atoms with Gasteiger partial charge in [-0.2, -0.15) is 0 Å². The number of hydrogen-bond donors (Lipinski definition) is 0. The van der Waals surface area contributed by atoms with E-state index in [1.165, 1.54) is 30.4 Å². The molecule has 0 N–H and O–H groups in total. The minimum atomic E-state index is -0.00382. The molecule has 2 aliphatic carbocycles. The Labute approximate surface area is 217 Å². The van der Waals surface area contributed by atoms with Gasteiger partial charge in [-0.25, -0.2) is 0 Å². The molecule has 7 heteroatoms. The second kappa shape index (κ2) is 10.1. The number of amidine groups is 1. The lowest BCUT2D eigenvalue weighted by atomic mass is 9.65. The maximum absolute atomic E-state index is 12.9. The third-order valence-electron chi connectivity index (χ3n) is 9.08. The highest BCUT2D eigenvalue weighted by Gasteiger charge is 2.51. The van der Waals surface area contributed by atoms with Gasteiger partial charge in [0.25, 0.3) is 0 Å². The highest BCUT2D eigenvalue weighted by molar-refractivity contribution is 9.10. The molecule has 0 spiro atoms. The van der Waals surface area contributed by atoms with Gasteiger partial charge in [0, 0.05) is 37.4 Å². The SMILES string of the molecule is CC1C(Br)C=NC2C(N3CCN(C([O-])=NC4CCCCC4)CC3)c3ccc(Cl)cc3CCC12C. The summed E-state index contributed by atoms with van der Waals surface area (Å²) in [6, 6.07) is 7.03. The second-order valence-corrected chi connectivity index (χ2v) is 12.5. The monoisotopic (exact) mass is 547 g/mol. The molecule has 0 radical (unpaired) electrons. The lowest BCUT2D eigenvalue weighted by Gasteiger charge is -2.50. The van der Waals surface area contributed by atoms with Gasteiger partial charge in [-0.15, -0.1) is 0 Å². The normalized spacial score (nSPS) is 35.5. The molecule has 1 saturated carbocycles. The lowest BCUT2D eigenvalue weighted by molar-refractivity contribution is -0.237. The molecule has 34 heavy (non-hydrogen) atoms. The smallest absolute Gasteiger partial charge is 0.0749 e. The van der Waals surface area contributed by atoms with E-state index in [0.717, 1.165) is 56.9 Å². The molecule has 1 saturated heterocycles. The number of aryl methyl sites for hydroxylation is 1. The molecule has 4 aliphatic rings. The first-order chi connectivity index (χ1) is 16.4. The number of piperazine rings is 1. The van der Waals surface area contributed by atoms with Crippen LogP contribution in [0.1, 0.15) is 69.5 Å². The molecule has 5 rings (SSSR count). The molecule has 5 nitrogen and oxygen atoms in total. The van der Waals surface area contributed by atoms with Crippen LogP contribution in [0.15, 0.2) is 28.2 Å². The highest BCUT2D eigenvalue weighted by Crippen LogP contribution is 2.52. The number of hydrogen-bond acceptors (Lipinski definition) is 4. The quantitative estimate of drug-likeness (QED) is 0.302. The van der Waals surface area contributed by atoms with Crippen LogP contribution in [0.5, 0.6) is 0 Å². The molecule has 1 aromatic rings. The van der Waals surface area contributed by atoms with Crippen molar-refractivity contribution in [3.05, 3.63) is 34.3 Å². The molecule has 2 fully saturated rings. The van der Waals surface area contributed by atoms with Gasteiger partial charge in [0.2, 0.25) is 0 Å². The molecule has 5 unspecified atom stereocenters. The Morgan fingerprint density at radius 3 is 2.65 bits per heavy atom. The fraction of sp³-hybridized carbons (Fsp3) is 0.704. The van der Waals surface area contributed by atoms with E-state index in [2.05, 4.69) is 58.0 Å². The molecular formula is C27H37BrClN4O-. The molecule has 2 aliphatic heterocycles. The van der Waals surface area contributed by atoms with Crippen molar-refractivity contribution in [2.75, 3.05) is 26.2 Å². The van der Waals surface area contributed by atoms with Crippen molar-refractivity contribution < 1.29 is 5.11 Å². The maximum atomic E-state index is 12.9. The van der Waals surface area contributed by atoms with Crippen LogP contribution in [0.4, 0.5) is 0 Å². The fourth-order valence-corrected chi connectivity index (χ4v) is 7.55. The van der Waals surface area contributed by atoms with Gasteiger partial charge in [0.05, 0.1) is 29.0 Å². The van der Waals surface area contributed by atoms with Crippen LogP contribution in [-0.4, -0.2) is 65.1 Å². The number of rotatable bonds is 2. The first-order valence-electron chi connectivity index (χ1n) is 13.1. The van der Waals surface area contributed by atoms with Crippen molar-refractivity contribution in [3.8, 4) is 0 Å². The van der Waals surface area contributed by atoms with Gasteiger partial charge in [0.1, 0.15) is 0 Å². The fourth-order valence-electron chi connectivity index (χ4n) is 6.61. The summed E-state index contributed by atoms with van der Waals surface area (Å²) in [4.78, 5) is 14.6. The minimum Gasteiger partial charge on any atom is -0.846 e. The molecule has 0 amide bonds. The summed E-state index contributed by atoms with van der Waals surface area (Å²) in [5, 5.41) is 13.7. The summed E-state index contributed by atoms with van der Waals surface area (Å²) in [6.07, 6.45) is 10.1. The molecule has 5 atom stereocenters. The van der Waals surface area contributed by atoms with E-state index in [4.69, 9.17) is 16.6 Å². The Morgan fingerprint density at radius 1 is 1.18 bits per heavy atom. The topological polar surface area (TPSA) is 54.3 Å². The van der Waals surface area contributed by atoms with Gasteiger partial charge in [-0.1, -0.05) is 66.7 Å². The Hall–Kier alpha value is -1.11. The van der Waals surface area contributed by atoms with E-state index >= 15 is 0 Å². The zero-order chi connectivity index (χ0) is 23.9. The Balaban J connectivity index is 1.40. The summed E-state index contributed by atoms with van der Waals surface area (Å²) in [5.74, 6) is 0.486. The van der Waals surface area contributed by atoms with Crippen LogP contribution in [0, 0.1) is 11.3 Å². The number of nitrogens with zero attached hydrogens (tertiary/aromatic N) is 4. The van der Waals surface area contributed by atoms with Gasteiger partial charge < -0.3 is 10.0 Å². The molecule has 186 valence electrons. The number of aliphatic imine (C=N–C) groups is 2. The van der Waals surface area contributed by atoms with Crippen LogP contribution < -0.4 is 5.11 Å². The van der Waals surface area contributed by atoms with Gasteiger partial charge in [0.15, 0.2) is 0 Å². The summed E-state index contributed by atoms with van der Waals surface area (Å²) in [6.45, 7) is 7.97. The zero-order valence-corrected chi connectivity index (χ0v) is 22.8. The molecule has 2 heterocycles. The van der Waals surface area contributed by atoms with Crippen molar-refractivity contribution >= 4 is 39.8 Å². The van der Waals surface area contributed by atoms with Crippen molar-refractivity contribution in [2.24, 2.45) is 21.3 Å². The largest absolute Gasteiger partial charge is 0.846 e. The van der Waals surface area contributed by atoms with Crippen molar-refractivity contribution in [2.45, 2.75) is 81.7 Å². The van der Waals surface area contributed by atoms with Crippen LogP contribution in [0.25, 0.3) is 0 Å². The van der Waals surface area contributed by atoms with Crippen LogP contribution >= 0.6 is 27.5 Å². The number of benzene rings is 1. The predicted octanol–water partition coefficient (Wildman–Crippen LogP) is 4.85. The van der Waals surface area contributed by atoms with E-state index in [9.17, 15) is 5.11 Å². The first-order valence-corrected chi connectivity index (χ1v) is 14.4. The van der Waals surface area contributed by atoms with Gasteiger partial charge in [-0.3, -0.25) is 14.9 Å². The van der Waals surface area contributed by atoms with Crippen molar-refractivity contribution in [1.29, 1.82) is 0 Å². The third-order valence-corrected chi connectivity index (χ3v) is 10.3. The number of fused-ring (bicyclic) bond motifs is 2. The standard InChI is InChI=1S/C27H38BrClN4O/c1-18-23(28)17-30-25-24(22-9-8-20(29)16-19(22)10-11-27(18,25)2)32-12-14-33(15-13-32)26(34)31-21-6-4-3-5-7-21/h8-9,16-18,21,23-25H,3-7,10-15H2,1-2H3,(H,31,34)/p-1. The summed E-state index contributed by atoms with van der Waals surface area (Å²) in [5.41, 5.74) is 2.80. The summed E-state index contributed by atoms with van der Waals surface area (Å²) < 4.78 is 0. The molecule has 1 aromatic carbocycles. The highest BCUT2D eigenvalue weighted by atomic mass is 79.9. The summed E-state index contributed by atoms with van der Waals surface area (Å²) in [7, 11) is 0. The maximum Gasteiger partial charge on any atom is 0.0749 e. The van der Waals surface area contributed by atoms with Crippen LogP contribution in [0.2, 0.25) is 5.02 Å². The van der Waals surface area contributed by atoms with Crippen LogP contribution in [-0.2, 0) is 6.42 Å². The second-order valence-electron chi connectivity index (χ2n) is 11.0. The Morgan fingerprint density at radius 2 is 1.91 bits per heavy atom. The first kappa shape index (κ1) is 24.6. The van der Waals surface area contributed by atoms with E-state index in [1.54, 1.807) is 0 Å². The van der Waals surface area contributed by atoms with Crippen molar-refractivity contribution in [1.82, 2.24) is 9.80 Å². The zero-order valence-electron chi connectivity index (χ0n) is 20.4. The molecule has 0 bridgehead atoms. The Bertz CT molecular complexity index is 941. The molecular weight excluding hydrogens is 512 g/mol. The van der Waals surface area contributed by atoms with E-state index < -0.39 is 0 Å². The number of halogens is 2. The van der Waals surface area contributed by atoms with E-state index in [1.807, 2.05) is 11.0 Å². The van der Waals surface area contributed by atoms with Crippen LogP contribution in [0.3, 0.4) is 0 Å². The van der Waals surface area contributed by atoms with Gasteiger partial charge in [-0.05, 0) is 60.3 Å². The minimum absolute atomic E-state index is 0.00382.